The minimum atomic E-state index is -0.990. The maximum atomic E-state index is 12.5. The minimum absolute atomic E-state index is 0.109. The maximum absolute atomic E-state index is 12.5. The van der Waals surface area contributed by atoms with Gasteiger partial charge in [-0.2, -0.15) is 0 Å². The van der Waals surface area contributed by atoms with Gasteiger partial charge in [0.25, 0.3) is 0 Å². The zero-order valence-electron chi connectivity index (χ0n) is 12.4. The lowest BCUT2D eigenvalue weighted by Crippen LogP contribution is -2.50. The fraction of sp³-hybridized carbons (Fsp3) is 0.562. The Morgan fingerprint density at radius 2 is 1.63 bits per heavy atom. The van der Waals surface area contributed by atoms with Crippen molar-refractivity contribution < 1.29 is 4.79 Å². The van der Waals surface area contributed by atoms with E-state index in [9.17, 15) is 4.79 Å². The Labute approximate surface area is 115 Å². The van der Waals surface area contributed by atoms with Gasteiger partial charge in [-0.3, -0.25) is 4.79 Å². The lowest BCUT2D eigenvalue weighted by Gasteiger charge is -2.24. The predicted molar refractivity (Wildman–Crippen MR) is 77.5 cm³/mol. The van der Waals surface area contributed by atoms with E-state index in [0.29, 0.717) is 0 Å². The van der Waals surface area contributed by atoms with E-state index in [1.54, 1.807) is 6.92 Å². The van der Waals surface area contributed by atoms with Crippen LogP contribution in [0, 0.1) is 10.8 Å². The van der Waals surface area contributed by atoms with E-state index in [1.165, 1.54) is 0 Å². The van der Waals surface area contributed by atoms with Crippen LogP contribution in [0.1, 0.15) is 40.2 Å². The van der Waals surface area contributed by atoms with Gasteiger partial charge in [-0.25, -0.2) is 0 Å². The number of nitrogens with one attached hydrogen (secondary N) is 1. The monoisotopic (exact) mass is 260 g/mol. The summed E-state index contributed by atoms with van der Waals surface area (Å²) in [5.74, 6) is -0.109. The lowest BCUT2D eigenvalue weighted by molar-refractivity contribution is -0.126. The van der Waals surface area contributed by atoms with E-state index >= 15 is 0 Å². The summed E-state index contributed by atoms with van der Waals surface area (Å²) in [6.45, 7) is 10.5. The summed E-state index contributed by atoms with van der Waals surface area (Å²) < 4.78 is 0. The van der Waals surface area contributed by atoms with Gasteiger partial charge < -0.3 is 11.1 Å². The number of hydrogen-bond donors (Lipinski definition) is 2. The Morgan fingerprint density at radius 3 is 2.05 bits per heavy atom. The first kappa shape index (κ1) is 14.1. The molecular weight excluding hydrogens is 236 g/mol. The first-order chi connectivity index (χ1) is 8.62. The molecule has 1 amide bonds. The quantitative estimate of drug-likeness (QED) is 0.877. The second kappa shape index (κ2) is 4.07. The van der Waals surface area contributed by atoms with Gasteiger partial charge in [-0.1, -0.05) is 58.0 Å². The largest absolute Gasteiger partial charge is 0.350 e. The third kappa shape index (κ3) is 2.06. The molecule has 1 aliphatic rings. The highest BCUT2D eigenvalue weighted by molar-refractivity contribution is 5.87. The molecule has 0 bridgehead atoms. The van der Waals surface area contributed by atoms with Gasteiger partial charge in [-0.05, 0) is 23.3 Å². The molecule has 0 saturated heterocycles. The summed E-state index contributed by atoms with van der Waals surface area (Å²) in [4.78, 5) is 12.5. The Balaban J connectivity index is 2.14. The Hall–Kier alpha value is -1.35. The van der Waals surface area contributed by atoms with Crippen LogP contribution in [0.2, 0.25) is 0 Å². The lowest BCUT2D eigenvalue weighted by atomic mass is 9.92. The van der Waals surface area contributed by atoms with Crippen LogP contribution in [0.5, 0.6) is 0 Å². The molecule has 0 aromatic heterocycles. The molecule has 0 heterocycles. The topological polar surface area (TPSA) is 55.1 Å². The standard InChI is InChI=1S/C16H24N2O/c1-14(2)12(15(14,3)4)18-13(19)16(5,17)11-9-7-6-8-10-11/h6-10,12H,17H2,1-5H3,(H,18,19). The number of carbonyl (C=O) groups excluding carboxylic acids is 1. The van der Waals surface area contributed by atoms with Crippen LogP contribution in [0.4, 0.5) is 0 Å². The normalized spacial score (nSPS) is 23.5. The fourth-order valence-electron chi connectivity index (χ4n) is 2.75. The maximum Gasteiger partial charge on any atom is 0.244 e. The minimum Gasteiger partial charge on any atom is -0.350 e. The van der Waals surface area contributed by atoms with Crippen molar-refractivity contribution in [2.75, 3.05) is 0 Å². The second-order valence-corrected chi connectivity index (χ2v) is 6.92. The molecule has 1 unspecified atom stereocenters. The van der Waals surface area contributed by atoms with Crippen molar-refractivity contribution in [1.82, 2.24) is 5.32 Å². The molecule has 2 rings (SSSR count). The zero-order chi connectivity index (χ0) is 14.5. The molecule has 0 spiro atoms. The number of carbonyl (C=O) groups is 1. The number of nitrogens with two attached hydrogens (primary N) is 1. The molecule has 3 nitrogen and oxygen atoms in total. The van der Waals surface area contributed by atoms with Crippen LogP contribution in [0.3, 0.4) is 0 Å². The van der Waals surface area contributed by atoms with E-state index in [4.69, 9.17) is 5.73 Å². The van der Waals surface area contributed by atoms with Gasteiger partial charge in [0, 0.05) is 6.04 Å². The molecular formula is C16H24N2O. The Bertz CT molecular complexity index is 475. The van der Waals surface area contributed by atoms with E-state index in [2.05, 4.69) is 33.0 Å². The summed E-state index contributed by atoms with van der Waals surface area (Å²) >= 11 is 0. The van der Waals surface area contributed by atoms with Gasteiger partial charge in [0.2, 0.25) is 5.91 Å². The molecule has 1 saturated carbocycles. The van der Waals surface area contributed by atoms with Crippen LogP contribution >= 0.6 is 0 Å². The number of amides is 1. The summed E-state index contributed by atoms with van der Waals surface area (Å²) in [7, 11) is 0. The SMILES string of the molecule is CC(N)(C(=O)NC1C(C)(C)C1(C)C)c1ccccc1. The molecule has 3 heteroatoms. The molecule has 1 atom stereocenters. The van der Waals surface area contributed by atoms with Gasteiger partial charge in [0.05, 0.1) is 0 Å². The van der Waals surface area contributed by atoms with Crippen LogP contribution in [0.15, 0.2) is 30.3 Å². The average Bonchev–Trinajstić information content (AvgIpc) is 2.72. The van der Waals surface area contributed by atoms with E-state index < -0.39 is 5.54 Å². The summed E-state index contributed by atoms with van der Waals surface area (Å²) in [5, 5.41) is 3.11. The van der Waals surface area contributed by atoms with Crippen molar-refractivity contribution in [3.63, 3.8) is 0 Å². The molecule has 1 aromatic carbocycles. The van der Waals surface area contributed by atoms with Crippen LogP contribution in [-0.2, 0) is 10.3 Å². The van der Waals surface area contributed by atoms with Crippen LogP contribution < -0.4 is 11.1 Å². The number of rotatable bonds is 3. The highest BCUT2D eigenvalue weighted by Crippen LogP contribution is 2.62. The molecule has 1 aromatic rings. The number of hydrogen-bond acceptors (Lipinski definition) is 2. The molecule has 3 N–H and O–H groups in total. The van der Waals surface area contributed by atoms with Crippen LogP contribution in [0.25, 0.3) is 0 Å². The first-order valence-electron chi connectivity index (χ1n) is 6.77. The Kier molecular flexibility index (Phi) is 3.01. The van der Waals surface area contributed by atoms with Crippen molar-refractivity contribution in [1.29, 1.82) is 0 Å². The predicted octanol–water partition coefficient (Wildman–Crippen LogP) is 2.41. The molecule has 0 aliphatic heterocycles. The van der Waals surface area contributed by atoms with E-state index in [-0.39, 0.29) is 22.8 Å². The van der Waals surface area contributed by atoms with Crippen molar-refractivity contribution in [3.8, 4) is 0 Å². The molecule has 104 valence electrons. The summed E-state index contributed by atoms with van der Waals surface area (Å²) in [5.41, 5.74) is 6.31. The highest BCUT2D eigenvalue weighted by Gasteiger charge is 2.65. The third-order valence-corrected chi connectivity index (χ3v) is 5.14. The highest BCUT2D eigenvalue weighted by atomic mass is 16.2. The first-order valence-corrected chi connectivity index (χ1v) is 6.77. The van der Waals surface area contributed by atoms with Crippen LogP contribution in [-0.4, -0.2) is 11.9 Å². The van der Waals surface area contributed by atoms with Gasteiger partial charge in [-0.15, -0.1) is 0 Å². The smallest absolute Gasteiger partial charge is 0.244 e. The molecule has 1 aliphatic carbocycles. The van der Waals surface area contributed by atoms with Gasteiger partial charge in [0.15, 0.2) is 0 Å². The average molecular weight is 260 g/mol. The van der Waals surface area contributed by atoms with Crippen molar-refractivity contribution >= 4 is 5.91 Å². The van der Waals surface area contributed by atoms with Crippen molar-refractivity contribution in [2.45, 2.75) is 46.2 Å². The molecule has 1 fully saturated rings. The summed E-state index contributed by atoms with van der Waals surface area (Å²) in [6, 6.07) is 9.69. The fourth-order valence-corrected chi connectivity index (χ4v) is 2.75. The van der Waals surface area contributed by atoms with E-state index in [0.717, 1.165) is 5.56 Å². The second-order valence-electron chi connectivity index (χ2n) is 6.92. The van der Waals surface area contributed by atoms with E-state index in [1.807, 2.05) is 30.3 Å². The molecule has 0 radical (unpaired) electrons. The van der Waals surface area contributed by atoms with Gasteiger partial charge in [0.1, 0.15) is 5.54 Å². The molecule has 19 heavy (non-hydrogen) atoms. The number of benzene rings is 1. The Morgan fingerprint density at radius 1 is 1.16 bits per heavy atom. The third-order valence-electron chi connectivity index (χ3n) is 5.14. The zero-order valence-corrected chi connectivity index (χ0v) is 12.4. The van der Waals surface area contributed by atoms with Crippen molar-refractivity contribution in [3.05, 3.63) is 35.9 Å². The van der Waals surface area contributed by atoms with Gasteiger partial charge >= 0.3 is 0 Å². The van der Waals surface area contributed by atoms with Crippen molar-refractivity contribution in [2.24, 2.45) is 16.6 Å². The summed E-state index contributed by atoms with van der Waals surface area (Å²) in [6.07, 6.45) is 0.